The van der Waals surface area contributed by atoms with Gasteiger partial charge in [0.2, 0.25) is 0 Å². The van der Waals surface area contributed by atoms with Crippen molar-refractivity contribution in [3.63, 3.8) is 0 Å². The van der Waals surface area contributed by atoms with E-state index in [4.69, 9.17) is 0 Å². The minimum Gasteiger partial charge on any atom is -0.394 e. The van der Waals surface area contributed by atoms with E-state index in [0.717, 1.165) is 19.4 Å². The highest BCUT2D eigenvalue weighted by molar-refractivity contribution is 7.99. The molecule has 17 heavy (non-hydrogen) atoms. The summed E-state index contributed by atoms with van der Waals surface area (Å²) in [6.45, 7) is 1.29. The second-order valence-electron chi connectivity index (χ2n) is 5.22. The monoisotopic (exact) mass is 249 g/mol. The van der Waals surface area contributed by atoms with Crippen LogP contribution in [-0.2, 0) is 0 Å². The number of aliphatic hydroxyl groups is 1. The first-order chi connectivity index (χ1) is 8.33. The fourth-order valence-electron chi connectivity index (χ4n) is 2.73. The maximum atomic E-state index is 9.44. The summed E-state index contributed by atoms with van der Waals surface area (Å²) in [5.74, 6) is 1.79. The van der Waals surface area contributed by atoms with E-state index in [-0.39, 0.29) is 12.1 Å². The quantitative estimate of drug-likeness (QED) is 0.859. The van der Waals surface area contributed by atoms with E-state index < -0.39 is 0 Å². The van der Waals surface area contributed by atoms with Gasteiger partial charge in [0.1, 0.15) is 0 Å². The first kappa shape index (κ1) is 11.6. The second kappa shape index (κ2) is 4.63. The molecule has 1 aliphatic heterocycles. The van der Waals surface area contributed by atoms with E-state index in [1.165, 1.54) is 22.6 Å². The van der Waals surface area contributed by atoms with E-state index in [1.54, 1.807) is 0 Å². The molecule has 1 heterocycles. The molecule has 1 atom stereocenters. The molecule has 0 bridgehead atoms. The molecule has 1 aliphatic carbocycles. The van der Waals surface area contributed by atoms with Gasteiger partial charge in [-0.15, -0.1) is 11.8 Å². The van der Waals surface area contributed by atoms with Crippen molar-refractivity contribution in [3.05, 3.63) is 29.8 Å². The first-order valence-corrected chi connectivity index (χ1v) is 7.39. The molecular weight excluding hydrogens is 230 g/mol. The lowest BCUT2D eigenvalue weighted by Gasteiger charge is -2.42. The SMILES string of the molecule is OCC1(NCC2CSc3ccccc32)CCC1. The molecule has 92 valence electrons. The van der Waals surface area contributed by atoms with Crippen molar-refractivity contribution in [2.24, 2.45) is 0 Å². The fraction of sp³-hybridized carbons (Fsp3) is 0.571. The van der Waals surface area contributed by atoms with Crippen molar-refractivity contribution in [2.45, 2.75) is 35.6 Å². The molecule has 3 heteroatoms. The van der Waals surface area contributed by atoms with Crippen molar-refractivity contribution in [2.75, 3.05) is 18.9 Å². The number of nitrogens with one attached hydrogen (secondary N) is 1. The van der Waals surface area contributed by atoms with Gasteiger partial charge < -0.3 is 10.4 Å². The lowest BCUT2D eigenvalue weighted by molar-refractivity contribution is 0.0879. The van der Waals surface area contributed by atoms with Gasteiger partial charge in [0.25, 0.3) is 0 Å². The standard InChI is InChI=1S/C14H19NOS/c16-10-14(6-3-7-14)15-8-11-9-17-13-5-2-1-4-12(11)13/h1-2,4-5,11,15-16H,3,6-10H2. The minimum absolute atomic E-state index is 0.0438. The van der Waals surface area contributed by atoms with Gasteiger partial charge in [0.15, 0.2) is 0 Å². The Morgan fingerprint density at radius 2 is 2.18 bits per heavy atom. The molecule has 1 saturated carbocycles. The maximum absolute atomic E-state index is 9.44. The largest absolute Gasteiger partial charge is 0.394 e. The van der Waals surface area contributed by atoms with Crippen LogP contribution in [0.25, 0.3) is 0 Å². The molecule has 2 aliphatic rings. The number of hydrogen-bond acceptors (Lipinski definition) is 3. The molecule has 0 amide bonds. The molecule has 1 aromatic rings. The Hall–Kier alpha value is -0.510. The van der Waals surface area contributed by atoms with Gasteiger partial charge in [-0.05, 0) is 30.9 Å². The summed E-state index contributed by atoms with van der Waals surface area (Å²) in [5, 5.41) is 13.0. The second-order valence-corrected chi connectivity index (χ2v) is 6.28. The van der Waals surface area contributed by atoms with Crippen molar-refractivity contribution in [1.82, 2.24) is 5.32 Å². The summed E-state index contributed by atoms with van der Waals surface area (Å²) in [6.07, 6.45) is 3.51. The van der Waals surface area contributed by atoms with Crippen molar-refractivity contribution in [1.29, 1.82) is 0 Å². The Morgan fingerprint density at radius 3 is 2.88 bits per heavy atom. The van der Waals surface area contributed by atoms with E-state index in [0.29, 0.717) is 5.92 Å². The molecule has 2 N–H and O–H groups in total. The molecule has 3 rings (SSSR count). The van der Waals surface area contributed by atoms with Gasteiger partial charge in [0.05, 0.1) is 6.61 Å². The fourth-order valence-corrected chi connectivity index (χ4v) is 3.99. The molecule has 0 radical (unpaired) electrons. The number of rotatable bonds is 4. The number of benzene rings is 1. The van der Waals surface area contributed by atoms with Crippen LogP contribution >= 0.6 is 11.8 Å². The van der Waals surface area contributed by atoms with Gasteiger partial charge >= 0.3 is 0 Å². The molecule has 1 aromatic carbocycles. The van der Waals surface area contributed by atoms with Crippen LogP contribution in [0.5, 0.6) is 0 Å². The third-order valence-electron chi connectivity index (χ3n) is 4.14. The van der Waals surface area contributed by atoms with Crippen LogP contribution in [0, 0.1) is 0 Å². The lowest BCUT2D eigenvalue weighted by Crippen LogP contribution is -2.54. The Bertz CT molecular complexity index is 397. The zero-order valence-electron chi connectivity index (χ0n) is 9.98. The highest BCUT2D eigenvalue weighted by Gasteiger charge is 2.36. The van der Waals surface area contributed by atoms with Crippen molar-refractivity contribution >= 4 is 11.8 Å². The minimum atomic E-state index is 0.0438. The van der Waals surface area contributed by atoms with Crippen LogP contribution in [0.15, 0.2) is 29.2 Å². The topological polar surface area (TPSA) is 32.3 Å². The highest BCUT2D eigenvalue weighted by atomic mass is 32.2. The van der Waals surface area contributed by atoms with E-state index >= 15 is 0 Å². The molecule has 2 nitrogen and oxygen atoms in total. The number of aliphatic hydroxyl groups excluding tert-OH is 1. The number of fused-ring (bicyclic) bond motifs is 1. The lowest BCUT2D eigenvalue weighted by atomic mass is 9.77. The normalized spacial score (nSPS) is 25.4. The number of thioether (sulfide) groups is 1. The van der Waals surface area contributed by atoms with Crippen LogP contribution in [0.2, 0.25) is 0 Å². The number of hydrogen-bond donors (Lipinski definition) is 2. The van der Waals surface area contributed by atoms with Gasteiger partial charge in [-0.2, -0.15) is 0 Å². The predicted octanol–water partition coefficient (Wildman–Crippen LogP) is 2.38. The van der Waals surface area contributed by atoms with Crippen LogP contribution in [0.1, 0.15) is 30.7 Å². The molecule has 1 fully saturated rings. The summed E-state index contributed by atoms with van der Waals surface area (Å²) in [6, 6.07) is 8.70. The third-order valence-corrected chi connectivity index (χ3v) is 5.39. The Morgan fingerprint density at radius 1 is 1.35 bits per heavy atom. The Kier molecular flexibility index (Phi) is 3.16. The molecule has 1 unspecified atom stereocenters. The van der Waals surface area contributed by atoms with Gasteiger partial charge in [-0.3, -0.25) is 0 Å². The summed E-state index contributed by atoms with van der Waals surface area (Å²) < 4.78 is 0. The highest BCUT2D eigenvalue weighted by Crippen LogP contribution is 2.40. The predicted molar refractivity (Wildman–Crippen MR) is 71.6 cm³/mol. The summed E-state index contributed by atoms with van der Waals surface area (Å²) in [4.78, 5) is 1.44. The smallest absolute Gasteiger partial charge is 0.0613 e. The maximum Gasteiger partial charge on any atom is 0.0613 e. The third kappa shape index (κ3) is 2.12. The summed E-state index contributed by atoms with van der Waals surface area (Å²) >= 11 is 1.96. The first-order valence-electron chi connectivity index (χ1n) is 6.41. The molecule has 0 aromatic heterocycles. The molecule has 0 spiro atoms. The van der Waals surface area contributed by atoms with Crippen LogP contribution in [0.3, 0.4) is 0 Å². The van der Waals surface area contributed by atoms with Gasteiger partial charge in [-0.1, -0.05) is 18.2 Å². The van der Waals surface area contributed by atoms with Crippen molar-refractivity contribution in [3.8, 4) is 0 Å². The van der Waals surface area contributed by atoms with Crippen LogP contribution < -0.4 is 5.32 Å². The molecular formula is C14H19NOS. The average Bonchev–Trinajstić information content (AvgIpc) is 2.72. The Labute approximate surface area is 107 Å². The summed E-state index contributed by atoms with van der Waals surface area (Å²) in [5.41, 5.74) is 1.53. The van der Waals surface area contributed by atoms with Gasteiger partial charge in [-0.25, -0.2) is 0 Å². The summed E-state index contributed by atoms with van der Waals surface area (Å²) in [7, 11) is 0. The van der Waals surface area contributed by atoms with E-state index in [1.807, 2.05) is 11.8 Å². The van der Waals surface area contributed by atoms with Crippen LogP contribution in [-0.4, -0.2) is 29.5 Å². The average molecular weight is 249 g/mol. The molecule has 0 saturated heterocycles. The zero-order valence-corrected chi connectivity index (χ0v) is 10.8. The Balaban J connectivity index is 1.64. The van der Waals surface area contributed by atoms with E-state index in [2.05, 4.69) is 29.6 Å². The van der Waals surface area contributed by atoms with E-state index in [9.17, 15) is 5.11 Å². The van der Waals surface area contributed by atoms with Gasteiger partial charge in [0, 0.05) is 28.6 Å². The van der Waals surface area contributed by atoms with Crippen molar-refractivity contribution < 1.29 is 5.11 Å². The van der Waals surface area contributed by atoms with Crippen LogP contribution in [0.4, 0.5) is 0 Å². The zero-order chi connectivity index (χ0) is 11.7.